The molecule has 2 aliphatic rings. The molecular formula is C18H27N3O3. The lowest BCUT2D eigenvalue weighted by Gasteiger charge is -2.33. The second kappa shape index (κ2) is 7.96. The van der Waals surface area contributed by atoms with Crippen LogP contribution in [0.2, 0.25) is 0 Å². The predicted octanol–water partition coefficient (Wildman–Crippen LogP) is 1.31. The van der Waals surface area contributed by atoms with Gasteiger partial charge in [-0.15, -0.1) is 0 Å². The van der Waals surface area contributed by atoms with Gasteiger partial charge in [0.25, 0.3) is 0 Å². The minimum absolute atomic E-state index is 0.00510. The molecular weight excluding hydrogens is 306 g/mol. The number of ether oxygens (including phenoxy) is 1. The molecule has 2 fully saturated rings. The number of piperidine rings is 1. The Labute approximate surface area is 143 Å². The summed E-state index contributed by atoms with van der Waals surface area (Å²) >= 11 is 0. The maximum atomic E-state index is 12.4. The van der Waals surface area contributed by atoms with Crippen molar-refractivity contribution in [2.75, 3.05) is 49.6 Å². The zero-order valence-corrected chi connectivity index (χ0v) is 14.3. The number of aliphatic hydroxyl groups is 1. The summed E-state index contributed by atoms with van der Waals surface area (Å²) in [7, 11) is 0. The van der Waals surface area contributed by atoms with Gasteiger partial charge in [-0.25, -0.2) is 0 Å². The topological polar surface area (TPSA) is 65.0 Å². The van der Waals surface area contributed by atoms with Crippen LogP contribution in [0.25, 0.3) is 0 Å². The molecule has 2 N–H and O–H groups in total. The molecule has 2 saturated heterocycles. The number of rotatable bonds is 4. The van der Waals surface area contributed by atoms with E-state index < -0.39 is 0 Å². The van der Waals surface area contributed by atoms with Crippen molar-refractivity contribution in [2.24, 2.45) is 0 Å². The fourth-order valence-electron chi connectivity index (χ4n) is 3.26. The van der Waals surface area contributed by atoms with Gasteiger partial charge in [0.15, 0.2) is 0 Å². The van der Waals surface area contributed by atoms with Crippen molar-refractivity contribution in [3.05, 3.63) is 24.3 Å². The Bertz CT molecular complexity index is 535. The first-order chi connectivity index (χ1) is 11.6. The number of aliphatic hydroxyl groups excluding tert-OH is 1. The van der Waals surface area contributed by atoms with Gasteiger partial charge < -0.3 is 20.1 Å². The maximum Gasteiger partial charge on any atom is 0.241 e. The van der Waals surface area contributed by atoms with Crippen molar-refractivity contribution in [3.63, 3.8) is 0 Å². The number of carbonyl (C=O) groups is 1. The van der Waals surface area contributed by atoms with Crippen LogP contribution >= 0.6 is 0 Å². The lowest BCUT2D eigenvalue weighted by molar-refractivity contribution is -0.121. The van der Waals surface area contributed by atoms with E-state index in [1.54, 1.807) is 0 Å². The minimum Gasteiger partial charge on any atom is -0.393 e. The van der Waals surface area contributed by atoms with Gasteiger partial charge >= 0.3 is 0 Å². The van der Waals surface area contributed by atoms with E-state index in [9.17, 15) is 9.90 Å². The summed E-state index contributed by atoms with van der Waals surface area (Å²) in [6.45, 7) is 6.81. The fraction of sp³-hybridized carbons (Fsp3) is 0.611. The molecule has 24 heavy (non-hydrogen) atoms. The van der Waals surface area contributed by atoms with Crippen LogP contribution in [0.15, 0.2) is 24.3 Å². The monoisotopic (exact) mass is 333 g/mol. The van der Waals surface area contributed by atoms with Crippen molar-refractivity contribution < 1.29 is 14.6 Å². The summed E-state index contributed by atoms with van der Waals surface area (Å²) in [4.78, 5) is 16.9. The molecule has 0 saturated carbocycles. The molecule has 6 nitrogen and oxygen atoms in total. The van der Waals surface area contributed by atoms with Crippen molar-refractivity contribution in [1.82, 2.24) is 4.90 Å². The van der Waals surface area contributed by atoms with E-state index in [0.717, 1.165) is 63.6 Å². The lowest BCUT2D eigenvalue weighted by Crippen LogP contribution is -2.47. The van der Waals surface area contributed by atoms with Crippen LogP contribution in [0.4, 0.5) is 11.4 Å². The number of nitrogens with zero attached hydrogens (tertiary/aromatic N) is 2. The third-order valence-electron chi connectivity index (χ3n) is 4.94. The molecule has 1 amide bonds. The van der Waals surface area contributed by atoms with Gasteiger partial charge in [-0.3, -0.25) is 9.69 Å². The van der Waals surface area contributed by atoms with E-state index >= 15 is 0 Å². The van der Waals surface area contributed by atoms with E-state index in [4.69, 9.17) is 4.74 Å². The van der Waals surface area contributed by atoms with Gasteiger partial charge in [0.1, 0.15) is 0 Å². The number of morpholine rings is 1. The van der Waals surface area contributed by atoms with E-state index in [0.29, 0.717) is 0 Å². The zero-order valence-electron chi connectivity index (χ0n) is 14.3. The summed E-state index contributed by atoms with van der Waals surface area (Å²) in [5.74, 6) is 0.00510. The Balaban J connectivity index is 1.54. The van der Waals surface area contributed by atoms with Crippen LogP contribution in [0.3, 0.4) is 0 Å². The summed E-state index contributed by atoms with van der Waals surface area (Å²) in [6, 6.07) is 7.81. The van der Waals surface area contributed by atoms with Crippen LogP contribution in [-0.2, 0) is 9.53 Å². The standard InChI is InChI=1S/C18H27N3O3/c1-14(20-8-6-17(22)7-9-20)18(23)19-15-2-4-16(5-3-15)21-10-12-24-13-11-21/h2-5,14,17,22H,6-13H2,1H3,(H,19,23)/t14-/m0/s1. The molecule has 1 atom stereocenters. The molecule has 0 bridgehead atoms. The van der Waals surface area contributed by atoms with Crippen LogP contribution < -0.4 is 10.2 Å². The Morgan fingerprint density at radius 3 is 2.42 bits per heavy atom. The van der Waals surface area contributed by atoms with Gasteiger partial charge in [-0.05, 0) is 44.0 Å². The molecule has 0 aromatic heterocycles. The van der Waals surface area contributed by atoms with Crippen molar-refractivity contribution in [3.8, 4) is 0 Å². The maximum absolute atomic E-state index is 12.4. The average molecular weight is 333 g/mol. The Hall–Kier alpha value is -1.63. The average Bonchev–Trinajstić information content (AvgIpc) is 2.63. The number of nitrogens with one attached hydrogen (secondary N) is 1. The molecule has 0 radical (unpaired) electrons. The molecule has 3 rings (SSSR count). The SMILES string of the molecule is C[C@@H](C(=O)Nc1ccc(N2CCOCC2)cc1)N1CCC(O)CC1. The highest BCUT2D eigenvalue weighted by atomic mass is 16.5. The molecule has 1 aromatic carbocycles. The normalized spacial score (nSPS) is 21.5. The first kappa shape index (κ1) is 17.2. The molecule has 132 valence electrons. The van der Waals surface area contributed by atoms with Gasteiger partial charge in [0.05, 0.1) is 25.4 Å². The zero-order chi connectivity index (χ0) is 16.9. The predicted molar refractivity (Wildman–Crippen MR) is 94.4 cm³/mol. The number of carbonyl (C=O) groups excluding carboxylic acids is 1. The number of anilines is 2. The summed E-state index contributed by atoms with van der Waals surface area (Å²) < 4.78 is 5.37. The molecule has 1 aromatic rings. The number of likely N-dealkylation sites (tertiary alicyclic amines) is 1. The number of benzene rings is 1. The molecule has 6 heteroatoms. The minimum atomic E-state index is -0.218. The molecule has 2 heterocycles. The smallest absolute Gasteiger partial charge is 0.241 e. The summed E-state index contributed by atoms with van der Waals surface area (Å²) in [5, 5.41) is 12.6. The number of hydrogen-bond donors (Lipinski definition) is 2. The Morgan fingerprint density at radius 1 is 1.17 bits per heavy atom. The summed E-state index contributed by atoms with van der Waals surface area (Å²) in [5.41, 5.74) is 1.98. The highest BCUT2D eigenvalue weighted by Gasteiger charge is 2.25. The fourth-order valence-corrected chi connectivity index (χ4v) is 3.26. The second-order valence-corrected chi connectivity index (χ2v) is 6.58. The van der Waals surface area contributed by atoms with E-state index in [1.807, 2.05) is 31.2 Å². The third-order valence-corrected chi connectivity index (χ3v) is 4.94. The molecule has 2 aliphatic heterocycles. The molecule has 0 aliphatic carbocycles. The van der Waals surface area contributed by atoms with Gasteiger partial charge in [0.2, 0.25) is 5.91 Å². The van der Waals surface area contributed by atoms with Crippen LogP contribution in [0.5, 0.6) is 0 Å². The summed E-state index contributed by atoms with van der Waals surface area (Å²) in [6.07, 6.45) is 1.27. The van der Waals surface area contributed by atoms with E-state index in [2.05, 4.69) is 15.1 Å². The molecule has 0 unspecified atom stereocenters. The highest BCUT2D eigenvalue weighted by Crippen LogP contribution is 2.20. The first-order valence-electron chi connectivity index (χ1n) is 8.79. The number of hydrogen-bond acceptors (Lipinski definition) is 5. The second-order valence-electron chi connectivity index (χ2n) is 6.58. The highest BCUT2D eigenvalue weighted by molar-refractivity contribution is 5.94. The van der Waals surface area contributed by atoms with Crippen LogP contribution in [0, 0.1) is 0 Å². The Kier molecular flexibility index (Phi) is 5.71. The molecule has 0 spiro atoms. The van der Waals surface area contributed by atoms with E-state index in [-0.39, 0.29) is 18.1 Å². The Morgan fingerprint density at radius 2 is 1.79 bits per heavy atom. The van der Waals surface area contributed by atoms with Gasteiger partial charge in [-0.2, -0.15) is 0 Å². The quantitative estimate of drug-likeness (QED) is 0.870. The van der Waals surface area contributed by atoms with Crippen LogP contribution in [-0.4, -0.2) is 67.5 Å². The first-order valence-corrected chi connectivity index (χ1v) is 8.79. The number of amides is 1. The van der Waals surface area contributed by atoms with Gasteiger partial charge in [0, 0.05) is 37.6 Å². The van der Waals surface area contributed by atoms with Crippen molar-refractivity contribution >= 4 is 17.3 Å². The third kappa shape index (κ3) is 4.26. The lowest BCUT2D eigenvalue weighted by atomic mass is 10.1. The largest absolute Gasteiger partial charge is 0.393 e. The van der Waals surface area contributed by atoms with E-state index in [1.165, 1.54) is 0 Å². The van der Waals surface area contributed by atoms with Crippen molar-refractivity contribution in [1.29, 1.82) is 0 Å². The van der Waals surface area contributed by atoms with Crippen molar-refractivity contribution in [2.45, 2.75) is 31.9 Å². The van der Waals surface area contributed by atoms with Crippen LogP contribution in [0.1, 0.15) is 19.8 Å². The van der Waals surface area contributed by atoms with Gasteiger partial charge in [-0.1, -0.05) is 0 Å².